The SMILES string of the molecule is COc1ccc2[nH]c(C=C3Oc4c(ccc(O)c4O)C3=O)cc2c1. The van der Waals surface area contributed by atoms with E-state index in [1.165, 1.54) is 12.1 Å². The standard InChI is InChI=1S/C18H13NO5/c1-23-11-2-4-13-9(7-11)6-10(19-13)8-15-16(21)12-3-5-14(20)17(22)18(12)24-15/h2-8,19-20,22H,1H3. The van der Waals surface area contributed by atoms with Gasteiger partial charge >= 0.3 is 0 Å². The summed E-state index contributed by atoms with van der Waals surface area (Å²) in [6, 6.07) is 10.1. The van der Waals surface area contributed by atoms with Crippen LogP contribution >= 0.6 is 0 Å². The lowest BCUT2D eigenvalue weighted by molar-refractivity contribution is 0.101. The fraction of sp³-hybridized carbons (Fsp3) is 0.0556. The lowest BCUT2D eigenvalue weighted by Crippen LogP contribution is -1.97. The average Bonchev–Trinajstić information content (AvgIpc) is 3.12. The zero-order chi connectivity index (χ0) is 16.8. The van der Waals surface area contributed by atoms with Gasteiger partial charge in [0.1, 0.15) is 5.75 Å². The smallest absolute Gasteiger partial charge is 0.232 e. The quantitative estimate of drug-likeness (QED) is 0.497. The molecule has 120 valence electrons. The van der Waals surface area contributed by atoms with Gasteiger partial charge in [-0.05, 0) is 36.4 Å². The molecule has 0 unspecified atom stereocenters. The molecule has 1 aromatic heterocycles. The van der Waals surface area contributed by atoms with Crippen LogP contribution in [0.25, 0.3) is 17.0 Å². The molecule has 6 heteroatoms. The third-order valence-electron chi connectivity index (χ3n) is 3.93. The number of ether oxygens (including phenoxy) is 2. The minimum absolute atomic E-state index is 0.0240. The highest BCUT2D eigenvalue weighted by atomic mass is 16.5. The zero-order valence-corrected chi connectivity index (χ0v) is 12.7. The van der Waals surface area contributed by atoms with Crippen molar-refractivity contribution >= 4 is 22.8 Å². The van der Waals surface area contributed by atoms with Gasteiger partial charge < -0.3 is 24.7 Å². The first-order valence-corrected chi connectivity index (χ1v) is 7.23. The van der Waals surface area contributed by atoms with Gasteiger partial charge in [0.15, 0.2) is 17.3 Å². The molecule has 24 heavy (non-hydrogen) atoms. The minimum atomic E-state index is -0.439. The molecule has 1 aliphatic rings. The number of allylic oxidation sites excluding steroid dienone is 1. The summed E-state index contributed by atoms with van der Waals surface area (Å²) in [4.78, 5) is 15.5. The Morgan fingerprint density at radius 2 is 2.00 bits per heavy atom. The number of aromatic nitrogens is 1. The van der Waals surface area contributed by atoms with E-state index < -0.39 is 5.75 Å². The zero-order valence-electron chi connectivity index (χ0n) is 12.7. The van der Waals surface area contributed by atoms with E-state index in [4.69, 9.17) is 9.47 Å². The van der Waals surface area contributed by atoms with E-state index in [1.54, 1.807) is 13.2 Å². The molecule has 0 bridgehead atoms. The Balaban J connectivity index is 1.74. The fourth-order valence-corrected chi connectivity index (χ4v) is 2.71. The molecule has 3 N–H and O–H groups in total. The van der Waals surface area contributed by atoms with E-state index in [9.17, 15) is 15.0 Å². The van der Waals surface area contributed by atoms with E-state index in [0.29, 0.717) is 5.69 Å². The molecule has 6 nitrogen and oxygen atoms in total. The van der Waals surface area contributed by atoms with Crippen molar-refractivity contribution < 1.29 is 24.5 Å². The van der Waals surface area contributed by atoms with E-state index >= 15 is 0 Å². The summed E-state index contributed by atoms with van der Waals surface area (Å²) in [7, 11) is 1.60. The molecule has 0 atom stereocenters. The van der Waals surface area contributed by atoms with Gasteiger partial charge in [0, 0.05) is 22.7 Å². The van der Waals surface area contributed by atoms with E-state index in [1.807, 2.05) is 24.3 Å². The maximum absolute atomic E-state index is 12.4. The van der Waals surface area contributed by atoms with Gasteiger partial charge in [-0.2, -0.15) is 0 Å². The number of rotatable bonds is 2. The van der Waals surface area contributed by atoms with Crippen molar-refractivity contribution in [3.05, 3.63) is 53.4 Å². The summed E-state index contributed by atoms with van der Waals surface area (Å²) in [5.74, 6) is -0.335. The van der Waals surface area contributed by atoms with Crippen molar-refractivity contribution in [2.24, 2.45) is 0 Å². The van der Waals surface area contributed by atoms with Crippen LogP contribution in [0.5, 0.6) is 23.0 Å². The van der Waals surface area contributed by atoms with Crippen molar-refractivity contribution in [2.75, 3.05) is 7.11 Å². The third-order valence-corrected chi connectivity index (χ3v) is 3.93. The Morgan fingerprint density at radius 1 is 1.17 bits per heavy atom. The molecule has 0 aliphatic carbocycles. The molecule has 0 saturated carbocycles. The number of carbonyl (C=O) groups excluding carboxylic acids is 1. The van der Waals surface area contributed by atoms with E-state index in [2.05, 4.69) is 4.98 Å². The lowest BCUT2D eigenvalue weighted by atomic mass is 10.1. The third kappa shape index (κ3) is 2.08. The number of phenolic OH excluding ortho intramolecular Hbond substituents is 2. The van der Waals surface area contributed by atoms with Crippen LogP contribution in [0.3, 0.4) is 0 Å². The molecule has 4 rings (SSSR count). The van der Waals surface area contributed by atoms with Gasteiger partial charge in [-0.25, -0.2) is 0 Å². The second-order valence-electron chi connectivity index (χ2n) is 5.43. The topological polar surface area (TPSA) is 91.8 Å². The summed E-state index contributed by atoms with van der Waals surface area (Å²) in [5.41, 5.74) is 1.79. The van der Waals surface area contributed by atoms with Crippen LogP contribution in [0.2, 0.25) is 0 Å². The van der Waals surface area contributed by atoms with Gasteiger partial charge in [-0.15, -0.1) is 0 Å². The molecule has 3 aromatic rings. The Hall–Kier alpha value is -3.41. The van der Waals surface area contributed by atoms with Gasteiger partial charge in [0.25, 0.3) is 0 Å². The summed E-state index contributed by atoms with van der Waals surface area (Å²) in [5, 5.41) is 20.3. The molecule has 1 aliphatic heterocycles. The van der Waals surface area contributed by atoms with Crippen LogP contribution in [-0.2, 0) is 0 Å². The molecule has 0 fully saturated rings. The lowest BCUT2D eigenvalue weighted by Gasteiger charge is -2.02. The highest BCUT2D eigenvalue weighted by molar-refractivity contribution is 6.15. The maximum Gasteiger partial charge on any atom is 0.232 e. The van der Waals surface area contributed by atoms with Gasteiger partial charge in [0.05, 0.1) is 12.7 Å². The minimum Gasteiger partial charge on any atom is -0.504 e. The second kappa shape index (κ2) is 5.06. The number of nitrogens with one attached hydrogen (secondary N) is 1. The molecule has 2 heterocycles. The maximum atomic E-state index is 12.4. The van der Waals surface area contributed by atoms with Crippen molar-refractivity contribution in [1.82, 2.24) is 4.98 Å². The number of hydrogen-bond acceptors (Lipinski definition) is 5. The van der Waals surface area contributed by atoms with Gasteiger partial charge in [-0.3, -0.25) is 4.79 Å². The predicted octanol–water partition coefficient (Wildman–Crippen LogP) is 3.20. The summed E-state index contributed by atoms with van der Waals surface area (Å²) in [6.07, 6.45) is 1.56. The first kappa shape index (κ1) is 14.2. The number of fused-ring (bicyclic) bond motifs is 2. The molecular weight excluding hydrogens is 310 g/mol. The van der Waals surface area contributed by atoms with E-state index in [0.717, 1.165) is 16.7 Å². The number of phenols is 2. The normalized spacial score (nSPS) is 14.9. The van der Waals surface area contributed by atoms with Crippen molar-refractivity contribution in [1.29, 1.82) is 0 Å². The Kier molecular flexibility index (Phi) is 2.99. The van der Waals surface area contributed by atoms with Crippen LogP contribution < -0.4 is 9.47 Å². The molecule has 2 aromatic carbocycles. The van der Waals surface area contributed by atoms with Gasteiger partial charge in [-0.1, -0.05) is 0 Å². The van der Waals surface area contributed by atoms with Crippen LogP contribution in [-0.4, -0.2) is 28.1 Å². The average molecular weight is 323 g/mol. The van der Waals surface area contributed by atoms with Crippen molar-refractivity contribution in [2.45, 2.75) is 0 Å². The number of hydrogen-bond donors (Lipinski definition) is 3. The fourth-order valence-electron chi connectivity index (χ4n) is 2.71. The number of H-pyrrole nitrogens is 1. The first-order valence-electron chi connectivity index (χ1n) is 7.23. The highest BCUT2D eigenvalue weighted by Crippen LogP contribution is 2.44. The van der Waals surface area contributed by atoms with E-state index in [-0.39, 0.29) is 28.6 Å². The second-order valence-corrected chi connectivity index (χ2v) is 5.43. The Bertz CT molecular complexity index is 1020. The largest absolute Gasteiger partial charge is 0.504 e. The number of aromatic amines is 1. The number of aromatic hydroxyl groups is 2. The van der Waals surface area contributed by atoms with Crippen molar-refractivity contribution in [3.8, 4) is 23.0 Å². The molecular formula is C18H13NO5. The van der Waals surface area contributed by atoms with Crippen LogP contribution in [0, 0.1) is 0 Å². The number of carbonyl (C=O) groups is 1. The monoisotopic (exact) mass is 323 g/mol. The summed E-state index contributed by atoms with van der Waals surface area (Å²) in [6.45, 7) is 0. The molecule has 0 radical (unpaired) electrons. The first-order chi connectivity index (χ1) is 11.6. The molecule has 0 saturated heterocycles. The van der Waals surface area contributed by atoms with Crippen LogP contribution in [0.4, 0.5) is 0 Å². The number of benzene rings is 2. The van der Waals surface area contributed by atoms with Crippen molar-refractivity contribution in [3.63, 3.8) is 0 Å². The summed E-state index contributed by atoms with van der Waals surface area (Å²) >= 11 is 0. The van der Waals surface area contributed by atoms with Crippen LogP contribution in [0.1, 0.15) is 16.1 Å². The predicted molar refractivity (Wildman–Crippen MR) is 87.6 cm³/mol. The number of Topliss-reactive ketones (excluding diaryl/α,β-unsaturated/α-hetero) is 1. The highest BCUT2D eigenvalue weighted by Gasteiger charge is 2.31. The van der Waals surface area contributed by atoms with Gasteiger partial charge in [0.2, 0.25) is 11.5 Å². The Labute approximate surface area is 136 Å². The molecule has 0 spiro atoms. The Morgan fingerprint density at radius 3 is 2.79 bits per heavy atom. The van der Waals surface area contributed by atoms with Crippen LogP contribution in [0.15, 0.2) is 42.2 Å². The number of methoxy groups -OCH3 is 1. The summed E-state index contributed by atoms with van der Waals surface area (Å²) < 4.78 is 10.6. The molecule has 0 amide bonds. The number of ketones is 1.